The standard InChI is InChI=1S/C15H30N2O/c1-5-6-14(9-16-13-7-8-13)17-10-12(2)18-15(3,4)11-17/h12-14,16H,5-11H2,1-4H3. The van der Waals surface area contributed by atoms with Gasteiger partial charge in [-0.05, 0) is 40.0 Å². The van der Waals surface area contributed by atoms with Crippen molar-refractivity contribution in [1.82, 2.24) is 10.2 Å². The van der Waals surface area contributed by atoms with Crippen molar-refractivity contribution in [2.24, 2.45) is 0 Å². The third-order valence-electron chi connectivity index (χ3n) is 3.95. The van der Waals surface area contributed by atoms with E-state index in [0.29, 0.717) is 12.1 Å². The molecule has 18 heavy (non-hydrogen) atoms. The van der Waals surface area contributed by atoms with E-state index in [4.69, 9.17) is 4.74 Å². The molecule has 0 amide bonds. The summed E-state index contributed by atoms with van der Waals surface area (Å²) in [6.07, 6.45) is 5.67. The maximum Gasteiger partial charge on any atom is 0.0757 e. The first-order valence-electron chi connectivity index (χ1n) is 7.65. The first kappa shape index (κ1) is 14.3. The van der Waals surface area contributed by atoms with Gasteiger partial charge < -0.3 is 10.1 Å². The van der Waals surface area contributed by atoms with Crippen molar-refractivity contribution in [2.45, 2.75) is 77.2 Å². The van der Waals surface area contributed by atoms with E-state index in [1.807, 2.05) is 0 Å². The molecule has 0 aromatic heterocycles. The van der Waals surface area contributed by atoms with E-state index in [0.717, 1.165) is 25.7 Å². The lowest BCUT2D eigenvalue weighted by atomic mass is 10.0. The van der Waals surface area contributed by atoms with E-state index in [-0.39, 0.29) is 5.60 Å². The summed E-state index contributed by atoms with van der Waals surface area (Å²) in [6, 6.07) is 1.50. The Bertz CT molecular complexity index is 263. The molecule has 2 rings (SSSR count). The highest BCUT2D eigenvalue weighted by molar-refractivity contribution is 4.89. The number of nitrogens with one attached hydrogen (secondary N) is 1. The normalized spacial score (nSPS) is 30.3. The maximum atomic E-state index is 6.01. The second-order valence-electron chi connectivity index (χ2n) is 6.74. The zero-order chi connectivity index (χ0) is 13.2. The fourth-order valence-corrected chi connectivity index (χ4v) is 3.12. The van der Waals surface area contributed by atoms with Crippen molar-refractivity contribution in [2.75, 3.05) is 19.6 Å². The first-order chi connectivity index (χ1) is 8.50. The van der Waals surface area contributed by atoms with Crippen LogP contribution in [0.5, 0.6) is 0 Å². The van der Waals surface area contributed by atoms with Gasteiger partial charge in [0.25, 0.3) is 0 Å². The second-order valence-corrected chi connectivity index (χ2v) is 6.74. The van der Waals surface area contributed by atoms with E-state index in [2.05, 4.69) is 37.9 Å². The van der Waals surface area contributed by atoms with Crippen molar-refractivity contribution < 1.29 is 4.74 Å². The highest BCUT2D eigenvalue weighted by Crippen LogP contribution is 2.24. The fourth-order valence-electron chi connectivity index (χ4n) is 3.12. The Kier molecular flexibility index (Phi) is 4.68. The predicted molar refractivity (Wildman–Crippen MR) is 75.9 cm³/mol. The lowest BCUT2D eigenvalue weighted by Gasteiger charge is -2.45. The van der Waals surface area contributed by atoms with Gasteiger partial charge in [0.1, 0.15) is 0 Å². The zero-order valence-electron chi connectivity index (χ0n) is 12.5. The monoisotopic (exact) mass is 254 g/mol. The second kappa shape index (κ2) is 5.89. The number of hydrogen-bond acceptors (Lipinski definition) is 3. The molecule has 0 radical (unpaired) electrons. The number of rotatable bonds is 6. The van der Waals surface area contributed by atoms with Gasteiger partial charge in [-0.2, -0.15) is 0 Å². The predicted octanol–water partition coefficient (Wildman–Crippen LogP) is 2.41. The molecular weight excluding hydrogens is 224 g/mol. The SMILES string of the molecule is CCCC(CNC1CC1)N1CC(C)OC(C)(C)C1. The molecule has 3 heteroatoms. The van der Waals surface area contributed by atoms with Crippen LogP contribution in [0.4, 0.5) is 0 Å². The topological polar surface area (TPSA) is 24.5 Å². The maximum absolute atomic E-state index is 6.01. The molecule has 106 valence electrons. The van der Waals surface area contributed by atoms with Crippen LogP contribution in [0.15, 0.2) is 0 Å². The minimum absolute atomic E-state index is 0.00321. The summed E-state index contributed by atoms with van der Waals surface area (Å²) in [6.45, 7) is 12.2. The van der Waals surface area contributed by atoms with Crippen LogP contribution < -0.4 is 5.32 Å². The lowest BCUT2D eigenvalue weighted by molar-refractivity contribution is -0.138. The van der Waals surface area contributed by atoms with Crippen molar-refractivity contribution >= 4 is 0 Å². The van der Waals surface area contributed by atoms with Crippen LogP contribution >= 0.6 is 0 Å². The highest BCUT2D eigenvalue weighted by Gasteiger charge is 2.34. The Balaban J connectivity index is 1.90. The first-order valence-corrected chi connectivity index (χ1v) is 7.65. The molecule has 1 saturated heterocycles. The minimum Gasteiger partial charge on any atom is -0.370 e. The van der Waals surface area contributed by atoms with Gasteiger partial charge in [0.05, 0.1) is 11.7 Å². The molecule has 2 unspecified atom stereocenters. The Morgan fingerprint density at radius 2 is 2.11 bits per heavy atom. The average molecular weight is 254 g/mol. The Morgan fingerprint density at radius 1 is 1.39 bits per heavy atom. The van der Waals surface area contributed by atoms with Gasteiger partial charge in [-0.1, -0.05) is 13.3 Å². The van der Waals surface area contributed by atoms with Gasteiger partial charge in [0.15, 0.2) is 0 Å². The van der Waals surface area contributed by atoms with Gasteiger partial charge in [-0.25, -0.2) is 0 Å². The van der Waals surface area contributed by atoms with Gasteiger partial charge in [-0.3, -0.25) is 4.90 Å². The molecule has 2 fully saturated rings. The summed E-state index contributed by atoms with van der Waals surface area (Å²) in [5.41, 5.74) is 0.00321. The van der Waals surface area contributed by atoms with Gasteiger partial charge >= 0.3 is 0 Å². The number of ether oxygens (including phenoxy) is 1. The molecule has 3 nitrogen and oxygen atoms in total. The number of morpholine rings is 1. The van der Waals surface area contributed by atoms with E-state index >= 15 is 0 Å². The Morgan fingerprint density at radius 3 is 2.67 bits per heavy atom. The molecule has 2 aliphatic rings. The van der Waals surface area contributed by atoms with Gasteiger partial charge in [0.2, 0.25) is 0 Å². The van der Waals surface area contributed by atoms with Crippen LogP contribution in [0.1, 0.15) is 53.4 Å². The summed E-state index contributed by atoms with van der Waals surface area (Å²) in [7, 11) is 0. The highest BCUT2D eigenvalue weighted by atomic mass is 16.5. The number of nitrogens with zero attached hydrogens (tertiary/aromatic N) is 1. The minimum atomic E-state index is 0.00321. The van der Waals surface area contributed by atoms with Gasteiger partial charge in [-0.15, -0.1) is 0 Å². The molecule has 0 bridgehead atoms. The van der Waals surface area contributed by atoms with E-state index < -0.39 is 0 Å². The summed E-state index contributed by atoms with van der Waals surface area (Å²) in [5, 5.41) is 3.70. The summed E-state index contributed by atoms with van der Waals surface area (Å²) >= 11 is 0. The molecule has 0 aromatic carbocycles. The van der Waals surface area contributed by atoms with E-state index in [9.17, 15) is 0 Å². The third-order valence-corrected chi connectivity index (χ3v) is 3.95. The van der Waals surface area contributed by atoms with Crippen LogP contribution in [0.25, 0.3) is 0 Å². The summed E-state index contributed by atoms with van der Waals surface area (Å²) in [4.78, 5) is 2.65. The molecule has 1 heterocycles. The molecule has 1 saturated carbocycles. The lowest BCUT2D eigenvalue weighted by Crippen LogP contribution is -2.57. The van der Waals surface area contributed by atoms with Crippen LogP contribution in [-0.2, 0) is 4.74 Å². The van der Waals surface area contributed by atoms with Crippen LogP contribution in [0, 0.1) is 0 Å². The van der Waals surface area contributed by atoms with E-state index in [1.54, 1.807) is 0 Å². The van der Waals surface area contributed by atoms with Crippen molar-refractivity contribution in [3.8, 4) is 0 Å². The van der Waals surface area contributed by atoms with Crippen LogP contribution in [-0.4, -0.2) is 48.3 Å². The van der Waals surface area contributed by atoms with Crippen molar-refractivity contribution in [3.63, 3.8) is 0 Å². The summed E-state index contributed by atoms with van der Waals surface area (Å²) in [5.74, 6) is 0. The quantitative estimate of drug-likeness (QED) is 0.788. The molecule has 1 aliphatic carbocycles. The van der Waals surface area contributed by atoms with E-state index in [1.165, 1.54) is 25.7 Å². The average Bonchev–Trinajstić information content (AvgIpc) is 3.04. The molecule has 1 aliphatic heterocycles. The Hall–Kier alpha value is -0.120. The largest absolute Gasteiger partial charge is 0.370 e. The molecule has 1 N–H and O–H groups in total. The fraction of sp³-hybridized carbons (Fsp3) is 1.00. The summed E-state index contributed by atoms with van der Waals surface area (Å²) < 4.78 is 6.01. The van der Waals surface area contributed by atoms with Gasteiger partial charge in [0, 0.05) is 31.7 Å². The third kappa shape index (κ3) is 4.22. The molecular formula is C15H30N2O. The smallest absolute Gasteiger partial charge is 0.0757 e. The Labute approximate surface area is 112 Å². The number of hydrogen-bond donors (Lipinski definition) is 1. The molecule has 0 spiro atoms. The van der Waals surface area contributed by atoms with Crippen molar-refractivity contribution in [1.29, 1.82) is 0 Å². The molecule has 2 atom stereocenters. The van der Waals surface area contributed by atoms with Crippen molar-refractivity contribution in [3.05, 3.63) is 0 Å². The van der Waals surface area contributed by atoms with Crippen LogP contribution in [0.2, 0.25) is 0 Å². The molecule has 0 aromatic rings. The zero-order valence-corrected chi connectivity index (χ0v) is 12.5. The van der Waals surface area contributed by atoms with Crippen LogP contribution in [0.3, 0.4) is 0 Å².